The summed E-state index contributed by atoms with van der Waals surface area (Å²) in [6.07, 6.45) is 3.46. The summed E-state index contributed by atoms with van der Waals surface area (Å²) in [5, 5.41) is 3.44. The predicted molar refractivity (Wildman–Crippen MR) is 77.9 cm³/mol. The lowest BCUT2D eigenvalue weighted by molar-refractivity contribution is 0.277. The molecule has 0 aliphatic carbocycles. The fourth-order valence-corrected chi connectivity index (χ4v) is 2.90. The Bertz CT molecular complexity index is 397. The van der Waals surface area contributed by atoms with Gasteiger partial charge in [0.2, 0.25) is 0 Å². The second-order valence-corrected chi connectivity index (χ2v) is 5.46. The van der Waals surface area contributed by atoms with E-state index in [-0.39, 0.29) is 0 Å². The first-order valence-electron chi connectivity index (χ1n) is 6.74. The molecule has 5 heteroatoms. The predicted octanol–water partition coefficient (Wildman–Crippen LogP) is 2.70. The molecule has 1 atom stereocenters. The van der Waals surface area contributed by atoms with E-state index in [0.29, 0.717) is 6.04 Å². The van der Waals surface area contributed by atoms with Gasteiger partial charge in [-0.3, -0.25) is 4.90 Å². The number of aromatic nitrogens is 2. The van der Waals surface area contributed by atoms with Crippen molar-refractivity contribution in [2.45, 2.75) is 39.2 Å². The summed E-state index contributed by atoms with van der Waals surface area (Å²) in [5.74, 6) is 1.81. The molecular formula is C13H21BrN4. The lowest BCUT2D eigenvalue weighted by Crippen LogP contribution is -2.34. The van der Waals surface area contributed by atoms with Crippen LogP contribution < -0.4 is 5.32 Å². The Hall–Kier alpha value is -0.680. The number of hydrogen-bond donors (Lipinski definition) is 1. The van der Waals surface area contributed by atoms with Crippen LogP contribution in [0.3, 0.4) is 0 Å². The van der Waals surface area contributed by atoms with E-state index in [4.69, 9.17) is 0 Å². The number of likely N-dealkylation sites (N-methyl/N-ethyl adjacent to an activating group) is 1. The van der Waals surface area contributed by atoms with E-state index in [2.05, 4.69) is 50.0 Å². The summed E-state index contributed by atoms with van der Waals surface area (Å²) in [6.45, 7) is 7.65. The van der Waals surface area contributed by atoms with E-state index in [9.17, 15) is 0 Å². The summed E-state index contributed by atoms with van der Waals surface area (Å²) in [7, 11) is 0. The van der Waals surface area contributed by atoms with Gasteiger partial charge in [0, 0.05) is 25.1 Å². The van der Waals surface area contributed by atoms with Crippen LogP contribution in [0.5, 0.6) is 0 Å². The van der Waals surface area contributed by atoms with Gasteiger partial charge in [0.25, 0.3) is 0 Å². The van der Waals surface area contributed by atoms with Gasteiger partial charge in [-0.1, -0.05) is 13.8 Å². The summed E-state index contributed by atoms with van der Waals surface area (Å²) >= 11 is 3.43. The normalized spacial score (nSPS) is 20.3. The molecule has 1 aromatic rings. The molecule has 0 saturated carbocycles. The van der Waals surface area contributed by atoms with Crippen LogP contribution in [0, 0.1) is 0 Å². The first-order valence-corrected chi connectivity index (χ1v) is 7.53. The number of likely N-dealkylation sites (tertiary alicyclic amines) is 1. The molecule has 4 nitrogen and oxygen atoms in total. The van der Waals surface area contributed by atoms with Gasteiger partial charge < -0.3 is 5.32 Å². The van der Waals surface area contributed by atoms with E-state index < -0.39 is 0 Å². The van der Waals surface area contributed by atoms with Crippen LogP contribution in [0.15, 0.2) is 10.7 Å². The van der Waals surface area contributed by atoms with Crippen molar-refractivity contribution in [2.75, 3.05) is 25.0 Å². The minimum absolute atomic E-state index is 0.647. The first-order chi connectivity index (χ1) is 8.72. The summed E-state index contributed by atoms with van der Waals surface area (Å²) in [5.41, 5.74) is 0. The van der Waals surface area contributed by atoms with Crippen LogP contribution >= 0.6 is 15.9 Å². The van der Waals surface area contributed by atoms with Gasteiger partial charge in [0.15, 0.2) is 0 Å². The molecule has 0 aromatic carbocycles. The van der Waals surface area contributed by atoms with Gasteiger partial charge in [-0.15, -0.1) is 0 Å². The highest BCUT2D eigenvalue weighted by molar-refractivity contribution is 9.10. The molecule has 0 radical (unpaired) electrons. The molecule has 1 N–H and O–H groups in total. The van der Waals surface area contributed by atoms with Crippen molar-refractivity contribution in [1.29, 1.82) is 0 Å². The first kappa shape index (κ1) is 13.7. The number of anilines is 1. The summed E-state index contributed by atoms with van der Waals surface area (Å²) < 4.78 is 0.857. The number of rotatable bonds is 5. The van der Waals surface area contributed by atoms with Crippen LogP contribution in [0.4, 0.5) is 5.82 Å². The van der Waals surface area contributed by atoms with Crippen molar-refractivity contribution >= 4 is 21.7 Å². The van der Waals surface area contributed by atoms with Gasteiger partial charge in [-0.05, 0) is 41.9 Å². The second-order valence-electron chi connectivity index (χ2n) is 4.65. The zero-order chi connectivity index (χ0) is 13.0. The molecule has 1 saturated heterocycles. The Labute approximate surface area is 117 Å². The van der Waals surface area contributed by atoms with Gasteiger partial charge in [-0.25, -0.2) is 9.97 Å². The zero-order valence-electron chi connectivity index (χ0n) is 11.1. The second kappa shape index (κ2) is 6.48. The zero-order valence-corrected chi connectivity index (χ0v) is 12.7. The standard InChI is InChI=1S/C13H21BrN4/c1-3-12-16-11(14)8-13(17-12)15-9-10-6-5-7-18(10)4-2/h8,10H,3-7,9H2,1-2H3,(H,15,16,17). The molecule has 2 rings (SSSR count). The third-order valence-electron chi connectivity index (χ3n) is 3.48. The van der Waals surface area contributed by atoms with E-state index >= 15 is 0 Å². The maximum absolute atomic E-state index is 4.49. The van der Waals surface area contributed by atoms with Gasteiger partial charge >= 0.3 is 0 Å². The molecular weight excluding hydrogens is 292 g/mol. The third kappa shape index (κ3) is 3.42. The lowest BCUT2D eigenvalue weighted by atomic mass is 10.2. The Morgan fingerprint density at radius 2 is 2.28 bits per heavy atom. The molecule has 0 bridgehead atoms. The molecule has 2 heterocycles. The van der Waals surface area contributed by atoms with Crippen molar-refractivity contribution in [2.24, 2.45) is 0 Å². The van der Waals surface area contributed by atoms with Crippen LogP contribution in [0.1, 0.15) is 32.5 Å². The van der Waals surface area contributed by atoms with Gasteiger partial charge in [-0.2, -0.15) is 0 Å². The molecule has 1 aliphatic rings. The SMILES string of the molecule is CCc1nc(Br)cc(NCC2CCCN2CC)n1. The van der Waals surface area contributed by atoms with Crippen LogP contribution in [0.25, 0.3) is 0 Å². The average molecular weight is 313 g/mol. The number of nitrogens with one attached hydrogen (secondary N) is 1. The van der Waals surface area contributed by atoms with Crippen LogP contribution in [-0.2, 0) is 6.42 Å². The van der Waals surface area contributed by atoms with E-state index in [0.717, 1.165) is 35.8 Å². The van der Waals surface area contributed by atoms with E-state index in [1.54, 1.807) is 0 Å². The van der Waals surface area contributed by atoms with Crippen LogP contribution in [-0.4, -0.2) is 40.5 Å². The molecule has 1 unspecified atom stereocenters. The van der Waals surface area contributed by atoms with Gasteiger partial charge in [0.1, 0.15) is 16.2 Å². The Kier molecular flexibility index (Phi) is 4.95. The average Bonchev–Trinajstić information content (AvgIpc) is 2.83. The highest BCUT2D eigenvalue weighted by atomic mass is 79.9. The highest BCUT2D eigenvalue weighted by Crippen LogP contribution is 2.18. The fraction of sp³-hybridized carbons (Fsp3) is 0.692. The Morgan fingerprint density at radius 3 is 3.00 bits per heavy atom. The number of hydrogen-bond acceptors (Lipinski definition) is 4. The third-order valence-corrected chi connectivity index (χ3v) is 3.89. The number of nitrogens with zero attached hydrogens (tertiary/aromatic N) is 3. The van der Waals surface area contributed by atoms with Crippen molar-refractivity contribution in [3.63, 3.8) is 0 Å². The molecule has 1 fully saturated rings. The lowest BCUT2D eigenvalue weighted by Gasteiger charge is -2.23. The minimum Gasteiger partial charge on any atom is -0.368 e. The van der Waals surface area contributed by atoms with Gasteiger partial charge in [0.05, 0.1) is 0 Å². The molecule has 1 aromatic heterocycles. The maximum atomic E-state index is 4.49. The monoisotopic (exact) mass is 312 g/mol. The number of halogens is 1. The van der Waals surface area contributed by atoms with E-state index in [1.807, 2.05) is 6.07 Å². The van der Waals surface area contributed by atoms with Crippen molar-refractivity contribution in [3.8, 4) is 0 Å². The molecule has 18 heavy (non-hydrogen) atoms. The number of aryl methyl sites for hydroxylation is 1. The quantitative estimate of drug-likeness (QED) is 0.849. The largest absolute Gasteiger partial charge is 0.368 e. The summed E-state index contributed by atoms with van der Waals surface area (Å²) in [6, 6.07) is 2.60. The molecule has 1 aliphatic heterocycles. The maximum Gasteiger partial charge on any atom is 0.131 e. The Balaban J connectivity index is 1.95. The van der Waals surface area contributed by atoms with Crippen molar-refractivity contribution in [3.05, 3.63) is 16.5 Å². The topological polar surface area (TPSA) is 41.1 Å². The minimum atomic E-state index is 0.647. The van der Waals surface area contributed by atoms with Crippen LogP contribution in [0.2, 0.25) is 0 Å². The van der Waals surface area contributed by atoms with E-state index in [1.165, 1.54) is 19.4 Å². The highest BCUT2D eigenvalue weighted by Gasteiger charge is 2.22. The summed E-state index contributed by atoms with van der Waals surface area (Å²) in [4.78, 5) is 11.3. The molecule has 0 amide bonds. The Morgan fingerprint density at radius 1 is 1.44 bits per heavy atom. The van der Waals surface area contributed by atoms with Crippen molar-refractivity contribution in [1.82, 2.24) is 14.9 Å². The van der Waals surface area contributed by atoms with Crippen molar-refractivity contribution < 1.29 is 0 Å². The smallest absolute Gasteiger partial charge is 0.131 e. The molecule has 0 spiro atoms. The fourth-order valence-electron chi connectivity index (χ4n) is 2.48. The molecule has 100 valence electrons.